The Morgan fingerprint density at radius 1 is 1.44 bits per heavy atom. The van der Waals surface area contributed by atoms with E-state index in [1.807, 2.05) is 0 Å². The molecular weight excluding hydrogens is 200 g/mol. The second-order valence-electron chi connectivity index (χ2n) is 5.32. The number of hydrogen-bond donors (Lipinski definition) is 1. The first kappa shape index (κ1) is 12.3. The van der Waals surface area contributed by atoms with Gasteiger partial charge in [-0.15, -0.1) is 0 Å². The van der Waals surface area contributed by atoms with Gasteiger partial charge in [-0.25, -0.2) is 0 Å². The molecule has 0 aromatic rings. The van der Waals surface area contributed by atoms with Crippen LogP contribution >= 0.6 is 0 Å². The molecule has 2 rings (SSSR count). The summed E-state index contributed by atoms with van der Waals surface area (Å²) in [5.41, 5.74) is 0. The molecule has 1 aliphatic carbocycles. The molecule has 0 bridgehead atoms. The fourth-order valence-corrected chi connectivity index (χ4v) is 2.50. The van der Waals surface area contributed by atoms with Gasteiger partial charge in [0, 0.05) is 31.7 Å². The minimum absolute atomic E-state index is 0.411. The molecule has 1 heterocycles. The van der Waals surface area contributed by atoms with E-state index in [9.17, 15) is 0 Å². The second-order valence-corrected chi connectivity index (χ2v) is 5.32. The molecular formula is C13H26N2O. The third-order valence-electron chi connectivity index (χ3n) is 3.65. The molecule has 1 saturated carbocycles. The van der Waals surface area contributed by atoms with Gasteiger partial charge in [0.2, 0.25) is 0 Å². The standard InChI is InChI=1S/C13H26N2O/c1-3-4-11(2)14-9-13-10-15(7-8-16-13)12-5-6-12/h11-14H,3-10H2,1-2H3. The van der Waals surface area contributed by atoms with Gasteiger partial charge in [0.25, 0.3) is 0 Å². The van der Waals surface area contributed by atoms with Gasteiger partial charge in [-0.05, 0) is 26.2 Å². The molecule has 0 amide bonds. The van der Waals surface area contributed by atoms with Crippen molar-refractivity contribution < 1.29 is 4.74 Å². The van der Waals surface area contributed by atoms with E-state index < -0.39 is 0 Å². The predicted molar refractivity (Wildman–Crippen MR) is 66.7 cm³/mol. The first-order chi connectivity index (χ1) is 7.79. The van der Waals surface area contributed by atoms with E-state index >= 15 is 0 Å². The highest BCUT2D eigenvalue weighted by molar-refractivity contribution is 4.88. The minimum atomic E-state index is 0.411. The van der Waals surface area contributed by atoms with Crippen LogP contribution in [0, 0.1) is 0 Å². The van der Waals surface area contributed by atoms with Crippen LogP contribution in [0.3, 0.4) is 0 Å². The van der Waals surface area contributed by atoms with Gasteiger partial charge < -0.3 is 10.1 Å². The molecule has 2 atom stereocenters. The number of morpholine rings is 1. The van der Waals surface area contributed by atoms with Gasteiger partial charge in [0.15, 0.2) is 0 Å². The number of nitrogens with one attached hydrogen (secondary N) is 1. The smallest absolute Gasteiger partial charge is 0.0826 e. The van der Waals surface area contributed by atoms with Gasteiger partial charge >= 0.3 is 0 Å². The topological polar surface area (TPSA) is 24.5 Å². The average Bonchev–Trinajstić information content (AvgIpc) is 3.11. The molecule has 1 N–H and O–H groups in total. The van der Waals surface area contributed by atoms with Crippen LogP contribution in [-0.2, 0) is 4.74 Å². The lowest BCUT2D eigenvalue weighted by Gasteiger charge is -2.33. The summed E-state index contributed by atoms with van der Waals surface area (Å²) in [6.07, 6.45) is 5.75. The minimum Gasteiger partial charge on any atom is -0.374 e. The van der Waals surface area contributed by atoms with Crippen LogP contribution in [0.2, 0.25) is 0 Å². The van der Waals surface area contributed by atoms with Crippen LogP contribution < -0.4 is 5.32 Å². The summed E-state index contributed by atoms with van der Waals surface area (Å²) in [5, 5.41) is 3.58. The maximum absolute atomic E-state index is 5.81. The van der Waals surface area contributed by atoms with Crippen LogP contribution in [0.5, 0.6) is 0 Å². The molecule has 1 aliphatic heterocycles. The Morgan fingerprint density at radius 3 is 2.94 bits per heavy atom. The van der Waals surface area contributed by atoms with Crippen LogP contribution in [0.25, 0.3) is 0 Å². The molecule has 94 valence electrons. The molecule has 0 aromatic carbocycles. The zero-order valence-electron chi connectivity index (χ0n) is 10.7. The predicted octanol–water partition coefficient (Wildman–Crippen LogP) is 1.63. The third kappa shape index (κ3) is 3.72. The molecule has 1 saturated heterocycles. The monoisotopic (exact) mass is 226 g/mol. The Morgan fingerprint density at radius 2 is 2.25 bits per heavy atom. The molecule has 3 nitrogen and oxygen atoms in total. The Kier molecular flexibility index (Phi) is 4.62. The molecule has 0 aromatic heterocycles. The third-order valence-corrected chi connectivity index (χ3v) is 3.65. The van der Waals surface area contributed by atoms with Crippen LogP contribution in [0.4, 0.5) is 0 Å². The highest BCUT2D eigenvalue weighted by atomic mass is 16.5. The van der Waals surface area contributed by atoms with E-state index in [4.69, 9.17) is 4.74 Å². The normalized spacial score (nSPS) is 29.2. The van der Waals surface area contributed by atoms with Crippen molar-refractivity contribution in [3.8, 4) is 0 Å². The lowest BCUT2D eigenvalue weighted by molar-refractivity contribution is -0.0309. The van der Waals surface area contributed by atoms with Crippen molar-refractivity contribution in [3.63, 3.8) is 0 Å². The summed E-state index contributed by atoms with van der Waals surface area (Å²) in [6, 6.07) is 1.52. The largest absolute Gasteiger partial charge is 0.374 e. The van der Waals surface area contributed by atoms with Crippen molar-refractivity contribution in [2.75, 3.05) is 26.2 Å². The molecule has 3 heteroatoms. The van der Waals surface area contributed by atoms with Crippen molar-refractivity contribution in [2.45, 2.75) is 57.7 Å². The van der Waals surface area contributed by atoms with E-state index in [0.29, 0.717) is 12.1 Å². The van der Waals surface area contributed by atoms with Crippen molar-refractivity contribution in [2.24, 2.45) is 0 Å². The lowest BCUT2D eigenvalue weighted by atomic mass is 10.2. The quantitative estimate of drug-likeness (QED) is 0.745. The fraction of sp³-hybridized carbons (Fsp3) is 1.00. The van der Waals surface area contributed by atoms with E-state index in [-0.39, 0.29) is 0 Å². The van der Waals surface area contributed by atoms with Crippen molar-refractivity contribution in [1.29, 1.82) is 0 Å². The molecule has 2 fully saturated rings. The first-order valence-corrected chi connectivity index (χ1v) is 6.88. The average molecular weight is 226 g/mol. The van der Waals surface area contributed by atoms with E-state index in [1.54, 1.807) is 0 Å². The molecule has 0 spiro atoms. The lowest BCUT2D eigenvalue weighted by Crippen LogP contribution is -2.48. The summed E-state index contributed by atoms with van der Waals surface area (Å²) < 4.78 is 5.81. The fourth-order valence-electron chi connectivity index (χ4n) is 2.50. The summed E-state index contributed by atoms with van der Waals surface area (Å²) in [7, 11) is 0. The Balaban J connectivity index is 1.64. The highest BCUT2D eigenvalue weighted by Crippen LogP contribution is 2.28. The zero-order valence-corrected chi connectivity index (χ0v) is 10.7. The summed E-state index contributed by atoms with van der Waals surface area (Å²) in [6.45, 7) is 8.73. The molecule has 2 unspecified atom stereocenters. The summed E-state index contributed by atoms with van der Waals surface area (Å²) in [4.78, 5) is 2.61. The first-order valence-electron chi connectivity index (χ1n) is 6.88. The van der Waals surface area contributed by atoms with Gasteiger partial charge in [0.1, 0.15) is 0 Å². The number of ether oxygens (including phenoxy) is 1. The highest BCUT2D eigenvalue weighted by Gasteiger charge is 2.32. The van der Waals surface area contributed by atoms with E-state index in [1.165, 1.54) is 25.7 Å². The Labute approximate surface area is 99.5 Å². The zero-order chi connectivity index (χ0) is 11.4. The summed E-state index contributed by atoms with van der Waals surface area (Å²) >= 11 is 0. The molecule has 0 radical (unpaired) electrons. The Bertz CT molecular complexity index is 206. The SMILES string of the molecule is CCCC(C)NCC1CN(C2CC2)CCO1. The maximum Gasteiger partial charge on any atom is 0.0826 e. The van der Waals surface area contributed by atoms with Gasteiger partial charge in [-0.1, -0.05) is 13.3 Å². The van der Waals surface area contributed by atoms with Gasteiger partial charge in [-0.3, -0.25) is 4.90 Å². The number of rotatable bonds is 6. The van der Waals surface area contributed by atoms with Crippen molar-refractivity contribution in [1.82, 2.24) is 10.2 Å². The van der Waals surface area contributed by atoms with E-state index in [2.05, 4.69) is 24.1 Å². The number of hydrogen-bond acceptors (Lipinski definition) is 3. The molecule has 16 heavy (non-hydrogen) atoms. The van der Waals surface area contributed by atoms with Crippen molar-refractivity contribution >= 4 is 0 Å². The summed E-state index contributed by atoms with van der Waals surface area (Å²) in [5.74, 6) is 0. The van der Waals surface area contributed by atoms with Crippen LogP contribution in [-0.4, -0.2) is 49.3 Å². The van der Waals surface area contributed by atoms with Gasteiger partial charge in [0.05, 0.1) is 12.7 Å². The van der Waals surface area contributed by atoms with Crippen LogP contribution in [0.15, 0.2) is 0 Å². The van der Waals surface area contributed by atoms with Crippen LogP contribution in [0.1, 0.15) is 39.5 Å². The van der Waals surface area contributed by atoms with Crippen molar-refractivity contribution in [3.05, 3.63) is 0 Å². The number of nitrogens with zero attached hydrogens (tertiary/aromatic N) is 1. The second kappa shape index (κ2) is 5.99. The Hall–Kier alpha value is -0.120. The van der Waals surface area contributed by atoms with E-state index in [0.717, 1.165) is 32.3 Å². The maximum atomic E-state index is 5.81. The van der Waals surface area contributed by atoms with Gasteiger partial charge in [-0.2, -0.15) is 0 Å². The molecule has 2 aliphatic rings.